The van der Waals surface area contributed by atoms with Crippen LogP contribution in [-0.4, -0.2) is 30.7 Å². The SMILES string of the molecule is C=CC(C)[N+]1(C)CCCCC1. The lowest BCUT2D eigenvalue weighted by molar-refractivity contribution is -0.929. The lowest BCUT2D eigenvalue weighted by Crippen LogP contribution is -2.53. The van der Waals surface area contributed by atoms with Crippen LogP contribution in [-0.2, 0) is 0 Å². The van der Waals surface area contributed by atoms with Crippen molar-refractivity contribution in [2.75, 3.05) is 20.1 Å². The van der Waals surface area contributed by atoms with E-state index in [2.05, 4.69) is 26.6 Å². The van der Waals surface area contributed by atoms with E-state index in [1.165, 1.54) is 36.8 Å². The van der Waals surface area contributed by atoms with E-state index in [4.69, 9.17) is 0 Å². The quantitative estimate of drug-likeness (QED) is 0.422. The summed E-state index contributed by atoms with van der Waals surface area (Å²) >= 11 is 0. The van der Waals surface area contributed by atoms with Crippen molar-refractivity contribution >= 4 is 0 Å². The first-order chi connectivity index (χ1) is 5.19. The molecule has 0 spiro atoms. The number of quaternary nitrogens is 1. The highest BCUT2D eigenvalue weighted by molar-refractivity contribution is 4.77. The van der Waals surface area contributed by atoms with Gasteiger partial charge in [-0.05, 0) is 32.3 Å². The van der Waals surface area contributed by atoms with Crippen LogP contribution in [0.3, 0.4) is 0 Å². The smallest absolute Gasteiger partial charge is 0.104 e. The van der Waals surface area contributed by atoms with Crippen LogP contribution < -0.4 is 0 Å². The standard InChI is InChI=1S/C10H20N/c1-4-10(2)11(3)8-6-5-7-9-11/h4,10H,1,5-9H2,2-3H3/q+1. The number of likely N-dealkylation sites (tertiary alicyclic amines) is 1. The van der Waals surface area contributed by atoms with E-state index in [0.29, 0.717) is 6.04 Å². The summed E-state index contributed by atoms with van der Waals surface area (Å²) in [5.41, 5.74) is 0. The summed E-state index contributed by atoms with van der Waals surface area (Å²) in [6, 6.07) is 0.635. The summed E-state index contributed by atoms with van der Waals surface area (Å²) in [7, 11) is 2.35. The van der Waals surface area contributed by atoms with Gasteiger partial charge >= 0.3 is 0 Å². The molecule has 1 heterocycles. The average Bonchev–Trinajstić information content (AvgIpc) is 2.04. The highest BCUT2D eigenvalue weighted by atomic mass is 15.3. The molecular weight excluding hydrogens is 134 g/mol. The Hall–Kier alpha value is -0.300. The van der Waals surface area contributed by atoms with Gasteiger partial charge in [0.15, 0.2) is 0 Å². The molecule has 0 amide bonds. The van der Waals surface area contributed by atoms with E-state index >= 15 is 0 Å². The minimum Gasteiger partial charge on any atom is -0.321 e. The van der Waals surface area contributed by atoms with Crippen LogP contribution in [0, 0.1) is 0 Å². The maximum Gasteiger partial charge on any atom is 0.104 e. The van der Waals surface area contributed by atoms with Gasteiger partial charge in [0.25, 0.3) is 0 Å². The second kappa shape index (κ2) is 3.40. The third-order valence-electron chi connectivity index (χ3n) is 3.16. The molecule has 64 valence electrons. The molecule has 1 saturated heterocycles. The third kappa shape index (κ3) is 1.84. The predicted octanol–water partition coefficient (Wildman–Crippen LogP) is 2.19. The molecule has 1 aliphatic rings. The zero-order valence-electron chi connectivity index (χ0n) is 7.84. The minimum absolute atomic E-state index is 0.635. The highest BCUT2D eigenvalue weighted by Crippen LogP contribution is 2.20. The number of hydrogen-bond acceptors (Lipinski definition) is 0. The first-order valence-corrected chi connectivity index (χ1v) is 4.66. The summed E-state index contributed by atoms with van der Waals surface area (Å²) in [4.78, 5) is 0. The Morgan fingerprint density at radius 3 is 2.27 bits per heavy atom. The van der Waals surface area contributed by atoms with Gasteiger partial charge < -0.3 is 4.48 Å². The van der Waals surface area contributed by atoms with Crippen LogP contribution in [0.15, 0.2) is 12.7 Å². The molecule has 1 rings (SSSR count). The minimum atomic E-state index is 0.635. The van der Waals surface area contributed by atoms with E-state index in [0.717, 1.165) is 0 Å². The molecule has 0 aliphatic carbocycles. The second-order valence-electron chi connectivity index (χ2n) is 3.96. The molecule has 1 atom stereocenters. The molecule has 1 heteroatoms. The molecule has 0 saturated carbocycles. The molecule has 0 aromatic rings. The van der Waals surface area contributed by atoms with Crippen molar-refractivity contribution in [2.24, 2.45) is 0 Å². The second-order valence-corrected chi connectivity index (χ2v) is 3.96. The zero-order valence-corrected chi connectivity index (χ0v) is 7.84. The Balaban J connectivity index is 2.55. The van der Waals surface area contributed by atoms with Crippen LogP contribution in [0.4, 0.5) is 0 Å². The number of nitrogens with zero attached hydrogens (tertiary/aromatic N) is 1. The molecule has 1 nitrogen and oxygen atoms in total. The van der Waals surface area contributed by atoms with Gasteiger partial charge in [0.2, 0.25) is 0 Å². The monoisotopic (exact) mass is 154 g/mol. The summed E-state index contributed by atoms with van der Waals surface area (Å²) < 4.78 is 1.21. The Bertz CT molecular complexity index is 134. The van der Waals surface area contributed by atoms with Gasteiger partial charge in [-0.1, -0.05) is 6.58 Å². The molecule has 0 N–H and O–H groups in total. The van der Waals surface area contributed by atoms with Crippen molar-refractivity contribution in [3.8, 4) is 0 Å². The molecule has 1 fully saturated rings. The normalized spacial score (nSPS) is 26.0. The topological polar surface area (TPSA) is 0 Å². The summed E-state index contributed by atoms with van der Waals surface area (Å²) in [5.74, 6) is 0. The molecule has 0 bridgehead atoms. The van der Waals surface area contributed by atoms with Gasteiger partial charge in [-0.2, -0.15) is 0 Å². The lowest BCUT2D eigenvalue weighted by Gasteiger charge is -2.41. The van der Waals surface area contributed by atoms with Gasteiger partial charge in [-0.15, -0.1) is 0 Å². The van der Waals surface area contributed by atoms with Crippen molar-refractivity contribution in [3.05, 3.63) is 12.7 Å². The first kappa shape index (κ1) is 8.79. The predicted molar refractivity (Wildman–Crippen MR) is 49.4 cm³/mol. The fraction of sp³-hybridized carbons (Fsp3) is 0.800. The van der Waals surface area contributed by atoms with Gasteiger partial charge in [-0.3, -0.25) is 0 Å². The van der Waals surface area contributed by atoms with Crippen molar-refractivity contribution in [1.29, 1.82) is 0 Å². The van der Waals surface area contributed by atoms with Gasteiger partial charge in [-0.25, -0.2) is 0 Å². The number of hydrogen-bond donors (Lipinski definition) is 0. The third-order valence-corrected chi connectivity index (χ3v) is 3.16. The number of likely N-dealkylation sites (N-methyl/N-ethyl adjacent to an activating group) is 1. The van der Waals surface area contributed by atoms with Crippen LogP contribution in [0.25, 0.3) is 0 Å². The van der Waals surface area contributed by atoms with Gasteiger partial charge in [0.05, 0.1) is 20.1 Å². The van der Waals surface area contributed by atoms with Crippen LogP contribution >= 0.6 is 0 Å². The van der Waals surface area contributed by atoms with Crippen LogP contribution in [0.5, 0.6) is 0 Å². The van der Waals surface area contributed by atoms with Gasteiger partial charge in [0.1, 0.15) is 6.04 Å². The molecular formula is C10H20N+. The van der Waals surface area contributed by atoms with Crippen LogP contribution in [0.1, 0.15) is 26.2 Å². The van der Waals surface area contributed by atoms with E-state index in [9.17, 15) is 0 Å². The highest BCUT2D eigenvalue weighted by Gasteiger charge is 2.28. The fourth-order valence-corrected chi connectivity index (χ4v) is 1.90. The number of piperidine rings is 1. The van der Waals surface area contributed by atoms with Crippen molar-refractivity contribution in [1.82, 2.24) is 0 Å². The van der Waals surface area contributed by atoms with Crippen molar-refractivity contribution < 1.29 is 4.48 Å². The maximum atomic E-state index is 3.87. The molecule has 0 radical (unpaired) electrons. The summed E-state index contributed by atoms with van der Waals surface area (Å²) in [6.07, 6.45) is 6.31. The summed E-state index contributed by atoms with van der Waals surface area (Å²) in [6.45, 7) is 8.82. The van der Waals surface area contributed by atoms with E-state index in [1.54, 1.807) is 0 Å². The molecule has 11 heavy (non-hydrogen) atoms. The Labute approximate surface area is 70.3 Å². The Morgan fingerprint density at radius 1 is 1.27 bits per heavy atom. The van der Waals surface area contributed by atoms with E-state index < -0.39 is 0 Å². The summed E-state index contributed by atoms with van der Waals surface area (Å²) in [5, 5.41) is 0. The molecule has 1 unspecified atom stereocenters. The molecule has 0 aromatic heterocycles. The van der Waals surface area contributed by atoms with Gasteiger partial charge in [0, 0.05) is 0 Å². The zero-order chi connectivity index (χ0) is 8.32. The first-order valence-electron chi connectivity index (χ1n) is 4.66. The molecule has 0 aromatic carbocycles. The largest absolute Gasteiger partial charge is 0.321 e. The van der Waals surface area contributed by atoms with E-state index in [-0.39, 0.29) is 0 Å². The Morgan fingerprint density at radius 2 is 1.82 bits per heavy atom. The Kier molecular flexibility index (Phi) is 2.72. The maximum absolute atomic E-state index is 3.87. The van der Waals surface area contributed by atoms with Crippen LogP contribution in [0.2, 0.25) is 0 Å². The average molecular weight is 154 g/mol. The number of rotatable bonds is 2. The fourth-order valence-electron chi connectivity index (χ4n) is 1.90. The van der Waals surface area contributed by atoms with Crippen molar-refractivity contribution in [2.45, 2.75) is 32.2 Å². The van der Waals surface area contributed by atoms with Crippen molar-refractivity contribution in [3.63, 3.8) is 0 Å². The van der Waals surface area contributed by atoms with E-state index in [1.807, 2.05) is 0 Å². The molecule has 1 aliphatic heterocycles. The lowest BCUT2D eigenvalue weighted by atomic mass is 10.1.